The van der Waals surface area contributed by atoms with Crippen LogP contribution in [0.3, 0.4) is 0 Å². The molecule has 0 saturated heterocycles. The van der Waals surface area contributed by atoms with Crippen LogP contribution in [0.15, 0.2) is 21.9 Å². The van der Waals surface area contributed by atoms with Crippen LogP contribution in [0.1, 0.15) is 39.1 Å². The lowest BCUT2D eigenvalue weighted by Gasteiger charge is -2.27. The SMILES string of the molecule is C=CC[C@H](N[S+]([O-])C(C)(C)C)c1nc(Br)c(Br)n1COCC[Si](C)(C)C. The summed E-state index contributed by atoms with van der Waals surface area (Å²) in [5.74, 6) is 0.772. The minimum absolute atomic E-state index is 0.212. The molecule has 1 unspecified atom stereocenters. The van der Waals surface area contributed by atoms with E-state index in [0.717, 1.165) is 23.1 Å². The number of nitrogens with zero attached hydrogens (tertiary/aromatic N) is 2. The van der Waals surface area contributed by atoms with E-state index in [1.165, 1.54) is 0 Å². The number of nitrogens with one attached hydrogen (secondary N) is 1. The van der Waals surface area contributed by atoms with Crippen LogP contribution in [0, 0.1) is 0 Å². The highest BCUT2D eigenvalue weighted by atomic mass is 79.9. The molecule has 1 rings (SSSR count). The zero-order valence-corrected chi connectivity index (χ0v) is 21.6. The number of hydrogen-bond donors (Lipinski definition) is 1. The van der Waals surface area contributed by atoms with Crippen molar-refractivity contribution in [3.63, 3.8) is 0 Å². The molecular formula is C17H31Br2N3O2SSi. The maximum atomic E-state index is 12.6. The van der Waals surface area contributed by atoms with Crippen molar-refractivity contribution >= 4 is 51.3 Å². The molecule has 0 aliphatic carbocycles. The summed E-state index contributed by atoms with van der Waals surface area (Å²) in [5, 5.41) is 0. The van der Waals surface area contributed by atoms with Crippen LogP contribution in [0.2, 0.25) is 25.7 Å². The van der Waals surface area contributed by atoms with Gasteiger partial charge in [0.1, 0.15) is 32.6 Å². The van der Waals surface area contributed by atoms with Gasteiger partial charge in [-0.2, -0.15) is 0 Å². The van der Waals surface area contributed by atoms with E-state index in [4.69, 9.17) is 4.74 Å². The molecule has 0 aliphatic rings. The van der Waals surface area contributed by atoms with Crippen molar-refractivity contribution < 1.29 is 9.29 Å². The summed E-state index contributed by atoms with van der Waals surface area (Å²) in [7, 11) is -1.13. The summed E-state index contributed by atoms with van der Waals surface area (Å²) in [6.07, 6.45) is 2.43. The standard InChI is InChI=1S/C17H31Br2N3O2SSi/c1-8-9-13(21-25(23)17(2,3)4)16-20-14(18)15(19)22(16)12-24-10-11-26(5,6)7/h8,13,21H,1,9-12H2,2-7H3/t13-,25?/m0/s1. The van der Waals surface area contributed by atoms with E-state index in [0.29, 0.717) is 17.8 Å². The largest absolute Gasteiger partial charge is 0.598 e. The maximum Gasteiger partial charge on any atom is 0.139 e. The first-order valence-corrected chi connectivity index (χ1v) is 15.1. The normalized spacial score (nSPS) is 15.1. The third-order valence-electron chi connectivity index (χ3n) is 3.63. The summed E-state index contributed by atoms with van der Waals surface area (Å²) < 4.78 is 24.8. The second-order valence-electron chi connectivity index (χ2n) is 8.40. The number of ether oxygens (including phenoxy) is 1. The molecule has 9 heteroatoms. The lowest BCUT2D eigenvalue weighted by atomic mass is 10.2. The van der Waals surface area contributed by atoms with Crippen LogP contribution in [0.25, 0.3) is 0 Å². The van der Waals surface area contributed by atoms with E-state index in [1.54, 1.807) is 0 Å². The lowest BCUT2D eigenvalue weighted by Crippen LogP contribution is -2.42. The third kappa shape index (κ3) is 7.77. The van der Waals surface area contributed by atoms with Gasteiger partial charge in [0.25, 0.3) is 0 Å². The Morgan fingerprint density at radius 2 is 2.00 bits per heavy atom. The molecule has 5 nitrogen and oxygen atoms in total. The van der Waals surface area contributed by atoms with Crippen molar-refractivity contribution in [2.75, 3.05) is 6.61 Å². The Morgan fingerprint density at radius 1 is 1.38 bits per heavy atom. The van der Waals surface area contributed by atoms with E-state index >= 15 is 0 Å². The van der Waals surface area contributed by atoms with Crippen molar-refractivity contribution in [3.05, 3.63) is 27.7 Å². The van der Waals surface area contributed by atoms with E-state index in [9.17, 15) is 4.55 Å². The number of rotatable bonds is 10. The number of hydrogen-bond acceptors (Lipinski definition) is 4. The first kappa shape index (κ1) is 24.4. The van der Waals surface area contributed by atoms with Gasteiger partial charge >= 0.3 is 0 Å². The maximum absolute atomic E-state index is 12.6. The fourth-order valence-corrected chi connectivity index (χ4v) is 4.36. The quantitative estimate of drug-likeness (QED) is 0.191. The molecule has 0 amide bonds. The molecule has 1 aromatic heterocycles. The van der Waals surface area contributed by atoms with Gasteiger partial charge in [-0.15, -0.1) is 11.3 Å². The smallest absolute Gasteiger partial charge is 0.139 e. The van der Waals surface area contributed by atoms with E-state index in [-0.39, 0.29) is 10.8 Å². The highest BCUT2D eigenvalue weighted by Crippen LogP contribution is 2.30. The van der Waals surface area contributed by atoms with Gasteiger partial charge in [-0.05, 0) is 65.1 Å². The Bertz CT molecular complexity index is 600. The molecule has 0 bridgehead atoms. The molecule has 1 aromatic rings. The molecule has 150 valence electrons. The number of imidazole rings is 1. The van der Waals surface area contributed by atoms with Crippen molar-refractivity contribution in [1.82, 2.24) is 14.3 Å². The molecule has 0 spiro atoms. The van der Waals surface area contributed by atoms with Crippen molar-refractivity contribution in [2.45, 2.75) is 70.4 Å². The van der Waals surface area contributed by atoms with Crippen LogP contribution in [-0.4, -0.2) is 33.5 Å². The summed E-state index contributed by atoms with van der Waals surface area (Å²) in [4.78, 5) is 4.61. The zero-order valence-electron chi connectivity index (χ0n) is 16.6. The predicted octanol–water partition coefficient (Wildman–Crippen LogP) is 5.39. The van der Waals surface area contributed by atoms with Crippen LogP contribution >= 0.6 is 31.9 Å². The Kier molecular flexibility index (Phi) is 9.59. The van der Waals surface area contributed by atoms with Gasteiger partial charge in [0, 0.05) is 26.0 Å². The van der Waals surface area contributed by atoms with E-state index in [2.05, 4.69) is 67.8 Å². The molecule has 2 atom stereocenters. The van der Waals surface area contributed by atoms with Gasteiger partial charge in [0.15, 0.2) is 0 Å². The zero-order chi connectivity index (χ0) is 20.1. The molecule has 0 saturated carbocycles. The average molecular weight is 529 g/mol. The highest BCUT2D eigenvalue weighted by Gasteiger charge is 2.32. The third-order valence-corrected chi connectivity index (χ3v) is 8.84. The van der Waals surface area contributed by atoms with E-state index < -0.39 is 19.4 Å². The molecule has 1 heterocycles. The molecule has 1 N–H and O–H groups in total. The monoisotopic (exact) mass is 527 g/mol. The summed E-state index contributed by atoms with van der Waals surface area (Å²) in [5.41, 5.74) is 0. The molecule has 0 radical (unpaired) electrons. The van der Waals surface area contributed by atoms with Crippen LogP contribution < -0.4 is 4.72 Å². The van der Waals surface area contributed by atoms with Crippen LogP contribution in [0.4, 0.5) is 0 Å². The summed E-state index contributed by atoms with van der Waals surface area (Å²) in [6.45, 7) is 17.8. The Morgan fingerprint density at radius 3 is 2.50 bits per heavy atom. The number of aromatic nitrogens is 2. The van der Waals surface area contributed by atoms with Crippen molar-refractivity contribution in [2.24, 2.45) is 0 Å². The van der Waals surface area contributed by atoms with Crippen LogP contribution in [0.5, 0.6) is 0 Å². The Balaban J connectivity index is 2.97. The van der Waals surface area contributed by atoms with Gasteiger partial charge < -0.3 is 9.29 Å². The fourth-order valence-electron chi connectivity index (χ4n) is 2.02. The van der Waals surface area contributed by atoms with Gasteiger partial charge in [-0.25, -0.2) is 4.98 Å². The Hall–Kier alpha value is 0.357. The summed E-state index contributed by atoms with van der Waals surface area (Å²) >= 11 is 5.84. The van der Waals surface area contributed by atoms with Crippen molar-refractivity contribution in [1.29, 1.82) is 0 Å². The molecule has 0 fully saturated rings. The summed E-state index contributed by atoms with van der Waals surface area (Å²) in [6, 6.07) is 0.897. The first-order chi connectivity index (χ1) is 11.9. The Labute approximate surface area is 178 Å². The first-order valence-electron chi connectivity index (χ1n) is 8.65. The minimum atomic E-state index is -1.21. The fraction of sp³-hybridized carbons (Fsp3) is 0.706. The van der Waals surface area contributed by atoms with E-state index in [1.807, 2.05) is 31.4 Å². The van der Waals surface area contributed by atoms with Gasteiger partial charge in [0.2, 0.25) is 0 Å². The lowest BCUT2D eigenvalue weighted by molar-refractivity contribution is 0.0826. The van der Waals surface area contributed by atoms with Crippen molar-refractivity contribution in [3.8, 4) is 0 Å². The predicted molar refractivity (Wildman–Crippen MR) is 120 cm³/mol. The highest BCUT2D eigenvalue weighted by molar-refractivity contribution is 9.13. The molecule has 0 aliphatic heterocycles. The topological polar surface area (TPSA) is 62.1 Å². The second kappa shape index (κ2) is 10.2. The molecule has 0 aromatic carbocycles. The average Bonchev–Trinajstić information content (AvgIpc) is 2.77. The second-order valence-corrected chi connectivity index (χ2v) is 17.5. The molecular weight excluding hydrogens is 498 g/mol. The number of halogens is 2. The minimum Gasteiger partial charge on any atom is -0.598 e. The van der Waals surface area contributed by atoms with Gasteiger partial charge in [0.05, 0.1) is 0 Å². The van der Waals surface area contributed by atoms with Crippen LogP contribution in [-0.2, 0) is 22.8 Å². The van der Waals surface area contributed by atoms with Gasteiger partial charge in [-0.1, -0.05) is 25.7 Å². The molecule has 26 heavy (non-hydrogen) atoms. The van der Waals surface area contributed by atoms with Gasteiger partial charge in [-0.3, -0.25) is 4.57 Å².